The average molecular weight is 375 g/mol. The Balaban J connectivity index is 1.82. The van der Waals surface area contributed by atoms with Crippen molar-refractivity contribution in [2.24, 2.45) is 11.8 Å². The van der Waals surface area contributed by atoms with Crippen molar-refractivity contribution < 1.29 is 13.6 Å². The molecule has 1 atom stereocenters. The van der Waals surface area contributed by atoms with E-state index in [1.54, 1.807) is 0 Å². The fourth-order valence-electron chi connectivity index (χ4n) is 2.97. The van der Waals surface area contributed by atoms with E-state index in [4.69, 9.17) is 0 Å². The van der Waals surface area contributed by atoms with Gasteiger partial charge < -0.3 is 5.32 Å². The van der Waals surface area contributed by atoms with Crippen LogP contribution in [0.5, 0.6) is 0 Å². The largest absolute Gasteiger partial charge is 0.351 e. The second kappa shape index (κ2) is 7.98. The number of nitrogens with zero attached hydrogens (tertiary/aromatic N) is 2. The van der Waals surface area contributed by atoms with Gasteiger partial charge in [-0.25, -0.2) is 13.5 Å². The lowest BCUT2D eigenvalue weighted by molar-refractivity contribution is -0.128. The third-order valence-corrected chi connectivity index (χ3v) is 5.06. The molecule has 27 heavy (non-hydrogen) atoms. The van der Waals surface area contributed by atoms with Gasteiger partial charge in [0.2, 0.25) is 5.91 Å². The number of carbonyl (C=O) groups is 1. The molecule has 1 aromatic carbocycles. The SMILES string of the molecule is CC(C)[C@H](Cn1nc(-c2ccc(F)c(F)c2)ccc1=O)NC(=O)C1CCC1. The van der Waals surface area contributed by atoms with Crippen molar-refractivity contribution in [2.75, 3.05) is 0 Å². The van der Waals surface area contributed by atoms with Gasteiger partial charge in [-0.2, -0.15) is 5.10 Å². The van der Waals surface area contributed by atoms with Crippen molar-refractivity contribution in [3.05, 3.63) is 52.3 Å². The standard InChI is InChI=1S/C20H23F2N3O2/c1-12(2)18(23-20(27)13-4-3-5-13)11-25-19(26)9-8-17(24-25)14-6-7-15(21)16(22)10-14/h6-10,12-13,18H,3-5,11H2,1-2H3,(H,23,27)/t18-/m0/s1. The van der Waals surface area contributed by atoms with E-state index >= 15 is 0 Å². The summed E-state index contributed by atoms with van der Waals surface area (Å²) in [7, 11) is 0. The molecule has 144 valence electrons. The highest BCUT2D eigenvalue weighted by Gasteiger charge is 2.28. The summed E-state index contributed by atoms with van der Waals surface area (Å²) in [5.41, 5.74) is 0.424. The molecule has 0 radical (unpaired) electrons. The van der Waals surface area contributed by atoms with Crippen LogP contribution in [-0.4, -0.2) is 21.7 Å². The topological polar surface area (TPSA) is 64.0 Å². The number of nitrogens with one attached hydrogen (secondary N) is 1. The van der Waals surface area contributed by atoms with Crippen molar-refractivity contribution in [1.82, 2.24) is 15.1 Å². The molecule has 1 amide bonds. The smallest absolute Gasteiger partial charge is 0.266 e. The molecule has 1 heterocycles. The van der Waals surface area contributed by atoms with Gasteiger partial charge in [0.1, 0.15) is 0 Å². The Morgan fingerprint density at radius 3 is 2.56 bits per heavy atom. The van der Waals surface area contributed by atoms with Crippen LogP contribution >= 0.6 is 0 Å². The number of benzene rings is 1. The second-order valence-electron chi connectivity index (χ2n) is 7.35. The number of halogens is 2. The highest BCUT2D eigenvalue weighted by atomic mass is 19.2. The molecule has 3 rings (SSSR count). The Kier molecular flexibility index (Phi) is 5.68. The van der Waals surface area contributed by atoms with Crippen molar-refractivity contribution in [3.63, 3.8) is 0 Å². The molecule has 5 nitrogen and oxygen atoms in total. The average Bonchev–Trinajstić information content (AvgIpc) is 2.57. The van der Waals surface area contributed by atoms with E-state index in [9.17, 15) is 18.4 Å². The van der Waals surface area contributed by atoms with E-state index in [-0.39, 0.29) is 35.9 Å². The first kappa shape index (κ1) is 19.2. The Morgan fingerprint density at radius 1 is 1.22 bits per heavy atom. The molecular formula is C20H23F2N3O2. The fourth-order valence-corrected chi connectivity index (χ4v) is 2.97. The maximum atomic E-state index is 13.5. The predicted molar refractivity (Wildman–Crippen MR) is 98.0 cm³/mol. The van der Waals surface area contributed by atoms with E-state index in [0.29, 0.717) is 11.3 Å². The molecule has 1 saturated carbocycles. The van der Waals surface area contributed by atoms with Crippen LogP contribution in [0.25, 0.3) is 11.3 Å². The lowest BCUT2D eigenvalue weighted by Crippen LogP contribution is -2.47. The Bertz CT molecular complexity index is 891. The van der Waals surface area contributed by atoms with E-state index < -0.39 is 11.6 Å². The van der Waals surface area contributed by atoms with E-state index in [1.165, 1.54) is 22.9 Å². The zero-order chi connectivity index (χ0) is 19.6. The summed E-state index contributed by atoms with van der Waals surface area (Å²) < 4.78 is 27.9. The lowest BCUT2D eigenvalue weighted by atomic mass is 9.84. The van der Waals surface area contributed by atoms with Crippen molar-refractivity contribution in [2.45, 2.75) is 45.7 Å². The summed E-state index contributed by atoms with van der Waals surface area (Å²) in [6.45, 7) is 4.15. The van der Waals surface area contributed by atoms with E-state index in [2.05, 4.69) is 10.4 Å². The minimum atomic E-state index is -0.972. The number of amides is 1. The summed E-state index contributed by atoms with van der Waals surface area (Å²) in [5.74, 6) is -1.73. The summed E-state index contributed by atoms with van der Waals surface area (Å²) in [6, 6.07) is 6.05. The number of aromatic nitrogens is 2. The molecule has 0 aliphatic heterocycles. The minimum Gasteiger partial charge on any atom is -0.351 e. The molecule has 1 aliphatic rings. The van der Waals surface area contributed by atoms with Crippen LogP contribution in [-0.2, 0) is 11.3 Å². The molecule has 0 unspecified atom stereocenters. The second-order valence-corrected chi connectivity index (χ2v) is 7.35. The first-order valence-corrected chi connectivity index (χ1v) is 9.19. The van der Waals surface area contributed by atoms with Gasteiger partial charge in [-0.3, -0.25) is 9.59 Å². The van der Waals surface area contributed by atoms with Crippen molar-refractivity contribution in [1.29, 1.82) is 0 Å². The van der Waals surface area contributed by atoms with E-state index in [1.807, 2.05) is 13.8 Å². The van der Waals surface area contributed by atoms with Crippen LogP contribution in [0.15, 0.2) is 35.1 Å². The molecule has 0 saturated heterocycles. The van der Waals surface area contributed by atoms with E-state index in [0.717, 1.165) is 31.4 Å². The van der Waals surface area contributed by atoms with Crippen molar-refractivity contribution in [3.8, 4) is 11.3 Å². The normalized spacial score (nSPS) is 15.4. The zero-order valence-electron chi connectivity index (χ0n) is 15.4. The Morgan fingerprint density at radius 2 is 1.96 bits per heavy atom. The van der Waals surface area contributed by atoms with Gasteiger partial charge in [0, 0.05) is 17.5 Å². The summed E-state index contributed by atoms with van der Waals surface area (Å²) >= 11 is 0. The van der Waals surface area contributed by atoms with Gasteiger partial charge >= 0.3 is 0 Å². The molecule has 1 fully saturated rings. The molecule has 7 heteroatoms. The van der Waals surface area contributed by atoms with Crippen LogP contribution in [0.4, 0.5) is 8.78 Å². The predicted octanol–water partition coefficient (Wildman–Crippen LogP) is 3.13. The number of hydrogen-bond donors (Lipinski definition) is 1. The first-order valence-electron chi connectivity index (χ1n) is 9.19. The molecular weight excluding hydrogens is 352 g/mol. The maximum absolute atomic E-state index is 13.5. The lowest BCUT2D eigenvalue weighted by Gasteiger charge is -2.29. The van der Waals surface area contributed by atoms with Gasteiger partial charge in [-0.05, 0) is 43.0 Å². The molecule has 1 N–H and O–H groups in total. The van der Waals surface area contributed by atoms with Crippen molar-refractivity contribution >= 4 is 5.91 Å². The van der Waals surface area contributed by atoms with Crippen LogP contribution < -0.4 is 10.9 Å². The van der Waals surface area contributed by atoms with Crippen LogP contribution in [0, 0.1) is 23.5 Å². The Labute approximate surface area is 156 Å². The number of rotatable bonds is 6. The number of carbonyl (C=O) groups excluding carboxylic acids is 1. The van der Waals surface area contributed by atoms with Crippen LogP contribution in [0.2, 0.25) is 0 Å². The number of hydrogen-bond acceptors (Lipinski definition) is 3. The van der Waals surface area contributed by atoms with Crippen LogP contribution in [0.1, 0.15) is 33.1 Å². The molecule has 2 aromatic rings. The Hall–Kier alpha value is -2.57. The van der Waals surface area contributed by atoms with Gasteiger partial charge in [0.05, 0.1) is 18.3 Å². The van der Waals surface area contributed by atoms with Crippen LogP contribution in [0.3, 0.4) is 0 Å². The van der Waals surface area contributed by atoms with Gasteiger partial charge in [0.25, 0.3) is 5.56 Å². The summed E-state index contributed by atoms with van der Waals surface area (Å²) in [5, 5.41) is 7.31. The fraction of sp³-hybridized carbons (Fsp3) is 0.450. The van der Waals surface area contributed by atoms with Gasteiger partial charge in [-0.15, -0.1) is 0 Å². The monoisotopic (exact) mass is 375 g/mol. The molecule has 0 bridgehead atoms. The highest BCUT2D eigenvalue weighted by molar-refractivity contribution is 5.79. The first-order chi connectivity index (χ1) is 12.8. The quantitative estimate of drug-likeness (QED) is 0.844. The third kappa shape index (κ3) is 4.40. The molecule has 0 spiro atoms. The highest BCUT2D eigenvalue weighted by Crippen LogP contribution is 2.26. The van der Waals surface area contributed by atoms with Gasteiger partial charge in [0.15, 0.2) is 11.6 Å². The van der Waals surface area contributed by atoms with Gasteiger partial charge in [-0.1, -0.05) is 20.3 Å². The summed E-state index contributed by atoms with van der Waals surface area (Å²) in [4.78, 5) is 24.5. The molecule has 1 aromatic heterocycles. The zero-order valence-corrected chi connectivity index (χ0v) is 15.4. The maximum Gasteiger partial charge on any atom is 0.266 e. The summed E-state index contributed by atoms with van der Waals surface area (Å²) in [6.07, 6.45) is 2.88. The molecule has 1 aliphatic carbocycles. The minimum absolute atomic E-state index is 0.0183. The third-order valence-electron chi connectivity index (χ3n) is 5.06.